The number of anilines is 2. The van der Waals surface area contributed by atoms with Crippen LogP contribution in [0.5, 0.6) is 0 Å². The van der Waals surface area contributed by atoms with Crippen molar-refractivity contribution in [1.29, 1.82) is 0 Å². The van der Waals surface area contributed by atoms with Gasteiger partial charge in [0.05, 0.1) is 23.2 Å². The Bertz CT molecular complexity index is 1120. The number of hydrogen-bond acceptors (Lipinski definition) is 4. The van der Waals surface area contributed by atoms with Gasteiger partial charge in [-0.25, -0.2) is 8.42 Å². The molecule has 32 heavy (non-hydrogen) atoms. The third-order valence-corrected chi connectivity index (χ3v) is 7.36. The van der Waals surface area contributed by atoms with Crippen molar-refractivity contribution < 1.29 is 18.0 Å². The van der Waals surface area contributed by atoms with Gasteiger partial charge >= 0.3 is 0 Å². The number of nitrogens with one attached hydrogen (secondary N) is 2. The summed E-state index contributed by atoms with van der Waals surface area (Å²) >= 11 is 0. The van der Waals surface area contributed by atoms with E-state index in [1.807, 2.05) is 0 Å². The number of fused-ring (bicyclic) bond motifs is 1. The molecule has 2 aliphatic rings. The molecule has 2 aromatic rings. The van der Waals surface area contributed by atoms with Gasteiger partial charge in [0.1, 0.15) is 0 Å². The third kappa shape index (κ3) is 4.96. The largest absolute Gasteiger partial charge is 0.349 e. The molecule has 0 atom stereocenters. The number of rotatable bonds is 5. The number of aryl methyl sites for hydroxylation is 1. The van der Waals surface area contributed by atoms with E-state index in [4.69, 9.17) is 0 Å². The molecule has 170 valence electrons. The second kappa shape index (κ2) is 9.32. The number of sulfonamides is 1. The van der Waals surface area contributed by atoms with Crippen LogP contribution in [0.15, 0.2) is 42.5 Å². The van der Waals surface area contributed by atoms with Crippen molar-refractivity contribution in [1.82, 2.24) is 5.32 Å². The van der Waals surface area contributed by atoms with E-state index in [1.165, 1.54) is 17.0 Å². The van der Waals surface area contributed by atoms with E-state index in [0.717, 1.165) is 31.2 Å². The standard InChI is InChI=1S/C24H29N3O4S/c1-32(30,31)27-15-7-8-17-16-18(13-14-22(17)27)23(28)26-21-12-6-5-11-20(21)24(29)25-19-9-3-2-4-10-19/h5-6,11-14,16,19H,2-4,7-10,15H2,1H3,(H,25,29)(H,26,28). The van der Waals surface area contributed by atoms with E-state index in [2.05, 4.69) is 10.6 Å². The quantitative estimate of drug-likeness (QED) is 0.718. The first-order chi connectivity index (χ1) is 15.3. The molecule has 0 radical (unpaired) electrons. The molecule has 1 aliphatic heterocycles. The first kappa shape index (κ1) is 22.3. The maximum absolute atomic E-state index is 13.0. The van der Waals surface area contributed by atoms with Crippen molar-refractivity contribution in [2.24, 2.45) is 0 Å². The molecule has 4 rings (SSSR count). The third-order valence-electron chi connectivity index (χ3n) is 6.18. The minimum absolute atomic E-state index is 0.179. The van der Waals surface area contributed by atoms with Gasteiger partial charge in [0.15, 0.2) is 0 Å². The molecule has 0 unspecified atom stereocenters. The summed E-state index contributed by atoms with van der Waals surface area (Å²) in [6.45, 7) is 0.445. The Morgan fingerprint density at radius 2 is 1.72 bits per heavy atom. The molecule has 8 heteroatoms. The number of amides is 2. The summed E-state index contributed by atoms with van der Waals surface area (Å²) in [6, 6.07) is 12.2. The number of carbonyl (C=O) groups excluding carboxylic acids is 2. The van der Waals surface area contributed by atoms with Crippen LogP contribution in [0.3, 0.4) is 0 Å². The van der Waals surface area contributed by atoms with E-state index in [-0.39, 0.29) is 17.9 Å². The molecule has 7 nitrogen and oxygen atoms in total. The zero-order valence-corrected chi connectivity index (χ0v) is 19.1. The number of nitrogens with zero attached hydrogens (tertiary/aromatic N) is 1. The Balaban J connectivity index is 1.52. The van der Waals surface area contributed by atoms with E-state index >= 15 is 0 Å². The molecule has 2 aromatic carbocycles. The van der Waals surface area contributed by atoms with Crippen LogP contribution < -0.4 is 14.9 Å². The number of carbonyl (C=O) groups is 2. The monoisotopic (exact) mass is 455 g/mol. The van der Waals surface area contributed by atoms with Gasteiger partial charge in [-0.1, -0.05) is 31.4 Å². The van der Waals surface area contributed by atoms with Crippen LogP contribution in [0.2, 0.25) is 0 Å². The summed E-state index contributed by atoms with van der Waals surface area (Å²) in [5.74, 6) is -0.510. The van der Waals surface area contributed by atoms with Crippen LogP contribution in [0.4, 0.5) is 11.4 Å². The SMILES string of the molecule is CS(=O)(=O)N1CCCc2cc(C(=O)Nc3ccccc3C(=O)NC3CCCCC3)ccc21. The highest BCUT2D eigenvalue weighted by molar-refractivity contribution is 7.92. The van der Waals surface area contributed by atoms with E-state index in [9.17, 15) is 18.0 Å². The van der Waals surface area contributed by atoms with Gasteiger partial charge in [-0.2, -0.15) is 0 Å². The van der Waals surface area contributed by atoms with Gasteiger partial charge in [0.25, 0.3) is 11.8 Å². The summed E-state index contributed by atoms with van der Waals surface area (Å²) in [7, 11) is -3.36. The normalized spacial score (nSPS) is 16.8. The molecule has 2 amide bonds. The predicted octanol–water partition coefficient (Wildman–Crippen LogP) is 3.71. The Hall–Kier alpha value is -2.87. The van der Waals surface area contributed by atoms with Crippen LogP contribution in [0.25, 0.3) is 0 Å². The average Bonchev–Trinajstić information content (AvgIpc) is 2.78. The maximum atomic E-state index is 13.0. The Labute approximate surface area is 189 Å². The van der Waals surface area contributed by atoms with Gasteiger partial charge in [-0.05, 0) is 61.6 Å². The van der Waals surface area contributed by atoms with Crippen molar-refractivity contribution in [2.45, 2.75) is 51.0 Å². The fraction of sp³-hybridized carbons (Fsp3) is 0.417. The topological polar surface area (TPSA) is 95.6 Å². The minimum Gasteiger partial charge on any atom is -0.349 e. The highest BCUT2D eigenvalue weighted by atomic mass is 32.2. The van der Waals surface area contributed by atoms with E-state index < -0.39 is 10.0 Å². The second-order valence-corrected chi connectivity index (χ2v) is 10.5. The Kier molecular flexibility index (Phi) is 6.50. The highest BCUT2D eigenvalue weighted by Crippen LogP contribution is 2.30. The number of hydrogen-bond donors (Lipinski definition) is 2. The first-order valence-electron chi connectivity index (χ1n) is 11.1. The molecule has 1 aliphatic carbocycles. The number of benzene rings is 2. The summed E-state index contributed by atoms with van der Waals surface area (Å²) in [4.78, 5) is 25.8. The van der Waals surface area contributed by atoms with Crippen LogP contribution in [-0.4, -0.2) is 39.1 Å². The van der Waals surface area contributed by atoms with Crippen LogP contribution in [0, 0.1) is 0 Å². The molecular weight excluding hydrogens is 426 g/mol. The highest BCUT2D eigenvalue weighted by Gasteiger charge is 2.25. The van der Waals surface area contributed by atoms with Gasteiger partial charge in [0, 0.05) is 18.2 Å². The van der Waals surface area contributed by atoms with E-state index in [1.54, 1.807) is 42.5 Å². The lowest BCUT2D eigenvalue weighted by atomic mass is 9.95. The van der Waals surface area contributed by atoms with Crippen LogP contribution in [-0.2, 0) is 16.4 Å². The van der Waals surface area contributed by atoms with Gasteiger partial charge in [-0.3, -0.25) is 13.9 Å². The molecular formula is C24H29N3O4S. The molecule has 0 spiro atoms. The van der Waals surface area contributed by atoms with Crippen molar-refractivity contribution >= 4 is 33.2 Å². The lowest BCUT2D eigenvalue weighted by Gasteiger charge is -2.29. The summed E-state index contributed by atoms with van der Waals surface area (Å²) in [5.41, 5.74) is 2.79. The average molecular weight is 456 g/mol. The van der Waals surface area contributed by atoms with Crippen LogP contribution >= 0.6 is 0 Å². The molecule has 1 heterocycles. The fourth-order valence-corrected chi connectivity index (χ4v) is 5.54. The zero-order chi connectivity index (χ0) is 22.7. The maximum Gasteiger partial charge on any atom is 0.255 e. The molecule has 0 saturated heterocycles. The van der Waals surface area contributed by atoms with Gasteiger partial charge < -0.3 is 10.6 Å². The molecule has 1 fully saturated rings. The summed E-state index contributed by atoms with van der Waals surface area (Å²) in [6.07, 6.45) is 8.04. The van der Waals surface area contributed by atoms with Crippen molar-refractivity contribution in [3.05, 3.63) is 59.2 Å². The molecule has 0 aromatic heterocycles. The zero-order valence-electron chi connectivity index (χ0n) is 18.3. The minimum atomic E-state index is -3.36. The summed E-state index contributed by atoms with van der Waals surface area (Å²) in [5, 5.41) is 5.96. The second-order valence-electron chi connectivity index (χ2n) is 8.59. The summed E-state index contributed by atoms with van der Waals surface area (Å²) < 4.78 is 25.5. The van der Waals surface area contributed by atoms with Gasteiger partial charge in [-0.15, -0.1) is 0 Å². The van der Waals surface area contributed by atoms with Gasteiger partial charge in [0.2, 0.25) is 10.0 Å². The lowest BCUT2D eigenvalue weighted by molar-refractivity contribution is 0.0928. The molecule has 1 saturated carbocycles. The smallest absolute Gasteiger partial charge is 0.255 e. The molecule has 2 N–H and O–H groups in total. The molecule has 0 bridgehead atoms. The fourth-order valence-electron chi connectivity index (χ4n) is 4.54. The van der Waals surface area contributed by atoms with Crippen molar-refractivity contribution in [3.8, 4) is 0 Å². The van der Waals surface area contributed by atoms with Crippen molar-refractivity contribution in [3.63, 3.8) is 0 Å². The van der Waals surface area contributed by atoms with E-state index in [0.29, 0.717) is 41.9 Å². The first-order valence-corrected chi connectivity index (χ1v) is 13.0. The van der Waals surface area contributed by atoms with Crippen molar-refractivity contribution in [2.75, 3.05) is 22.4 Å². The predicted molar refractivity (Wildman–Crippen MR) is 126 cm³/mol. The Morgan fingerprint density at radius 3 is 2.47 bits per heavy atom. The van der Waals surface area contributed by atoms with Crippen LogP contribution in [0.1, 0.15) is 64.8 Å². The lowest BCUT2D eigenvalue weighted by Crippen LogP contribution is -2.36. The Morgan fingerprint density at radius 1 is 0.969 bits per heavy atom. The number of para-hydroxylation sites is 1.